The second-order valence-corrected chi connectivity index (χ2v) is 2.86. The van der Waals surface area contributed by atoms with Crippen molar-refractivity contribution in [1.82, 2.24) is 0 Å². The molecule has 1 unspecified atom stereocenters. The van der Waals surface area contributed by atoms with Gasteiger partial charge in [-0.3, -0.25) is 0 Å². The molecule has 0 fully saturated rings. The number of nitrogens with zero attached hydrogens (tertiary/aromatic N) is 1. The fraction of sp³-hybridized carbons (Fsp3) is 0.857. The van der Waals surface area contributed by atoms with Gasteiger partial charge in [-0.25, -0.2) is 0 Å². The first kappa shape index (κ1) is 9.41. The molecule has 0 spiro atoms. The Hall–Kier alpha value is -0.590. The number of aliphatic hydroxyl groups is 2. The van der Waals surface area contributed by atoms with Gasteiger partial charge in [0.15, 0.2) is 0 Å². The van der Waals surface area contributed by atoms with E-state index in [1.807, 2.05) is 6.07 Å². The molecule has 0 radical (unpaired) electrons. The van der Waals surface area contributed by atoms with Crippen molar-refractivity contribution in [3.63, 3.8) is 0 Å². The molecule has 0 amide bonds. The lowest BCUT2D eigenvalue weighted by Crippen LogP contribution is -2.28. The molecular weight excluding hydrogens is 130 g/mol. The molecule has 3 nitrogen and oxygen atoms in total. The van der Waals surface area contributed by atoms with Gasteiger partial charge < -0.3 is 10.2 Å². The zero-order chi connectivity index (χ0) is 8.20. The first-order valence-corrected chi connectivity index (χ1v) is 3.24. The molecular formula is C7H13NO2. The Labute approximate surface area is 60.9 Å². The minimum atomic E-state index is -0.747. The van der Waals surface area contributed by atoms with Gasteiger partial charge >= 0.3 is 0 Å². The maximum absolute atomic E-state index is 9.19. The Kier molecular flexibility index (Phi) is 3.34. The lowest BCUT2D eigenvalue weighted by Gasteiger charge is -2.21. The fourth-order valence-electron chi connectivity index (χ4n) is 0.558. The summed E-state index contributed by atoms with van der Waals surface area (Å²) < 4.78 is 0. The normalized spacial score (nSPS) is 14.3. The molecule has 0 aliphatic heterocycles. The molecule has 1 atom stereocenters. The molecule has 0 heterocycles. The number of hydrogen-bond acceptors (Lipinski definition) is 3. The molecule has 0 aromatic carbocycles. The molecule has 0 aromatic rings. The van der Waals surface area contributed by atoms with Crippen LogP contribution in [0.3, 0.4) is 0 Å². The Balaban J connectivity index is 3.94. The SMILES string of the molecule is CC(C)(C#N)C(O)CCO. The van der Waals surface area contributed by atoms with Crippen LogP contribution in [0.1, 0.15) is 20.3 Å². The fourth-order valence-corrected chi connectivity index (χ4v) is 0.558. The first-order valence-electron chi connectivity index (χ1n) is 3.24. The summed E-state index contributed by atoms with van der Waals surface area (Å²) in [6, 6.07) is 1.96. The molecule has 0 bridgehead atoms. The molecule has 3 heteroatoms. The van der Waals surface area contributed by atoms with E-state index in [9.17, 15) is 5.11 Å². The summed E-state index contributed by atoms with van der Waals surface area (Å²) in [5, 5.41) is 26.1. The third-order valence-corrected chi connectivity index (χ3v) is 1.52. The second kappa shape index (κ2) is 3.55. The van der Waals surface area contributed by atoms with Gasteiger partial charge in [0.05, 0.1) is 17.6 Å². The van der Waals surface area contributed by atoms with Crippen LogP contribution in [-0.2, 0) is 0 Å². The van der Waals surface area contributed by atoms with Crippen LogP contribution in [-0.4, -0.2) is 22.9 Å². The quantitative estimate of drug-likeness (QED) is 0.596. The Morgan fingerprint density at radius 1 is 1.60 bits per heavy atom. The maximum Gasteiger partial charge on any atom is 0.0777 e. The molecule has 0 aromatic heterocycles. The second-order valence-electron chi connectivity index (χ2n) is 2.86. The van der Waals surface area contributed by atoms with E-state index in [1.165, 1.54) is 0 Å². The smallest absolute Gasteiger partial charge is 0.0777 e. The van der Waals surface area contributed by atoms with Gasteiger partial charge in [-0.05, 0) is 20.3 Å². The average molecular weight is 143 g/mol. The molecule has 0 saturated heterocycles. The Morgan fingerprint density at radius 3 is 2.40 bits per heavy atom. The van der Waals surface area contributed by atoms with E-state index in [-0.39, 0.29) is 13.0 Å². The van der Waals surface area contributed by atoms with E-state index in [2.05, 4.69) is 0 Å². The molecule has 0 saturated carbocycles. The Morgan fingerprint density at radius 2 is 2.10 bits per heavy atom. The lowest BCUT2D eigenvalue weighted by atomic mass is 9.87. The monoisotopic (exact) mass is 143 g/mol. The van der Waals surface area contributed by atoms with Crippen molar-refractivity contribution in [3.05, 3.63) is 0 Å². The van der Waals surface area contributed by atoms with Crippen LogP contribution < -0.4 is 0 Å². The zero-order valence-corrected chi connectivity index (χ0v) is 6.33. The van der Waals surface area contributed by atoms with Crippen LogP contribution in [0, 0.1) is 16.7 Å². The van der Waals surface area contributed by atoms with Crippen LogP contribution in [0.4, 0.5) is 0 Å². The Bertz CT molecular complexity index is 137. The summed E-state index contributed by atoms with van der Waals surface area (Å²) in [6.45, 7) is 3.22. The van der Waals surface area contributed by atoms with Gasteiger partial charge in [0, 0.05) is 6.61 Å². The number of hydrogen-bond donors (Lipinski definition) is 2. The lowest BCUT2D eigenvalue weighted by molar-refractivity contribution is 0.0606. The summed E-state index contributed by atoms with van der Waals surface area (Å²) in [6.07, 6.45) is -0.469. The van der Waals surface area contributed by atoms with Crippen LogP contribution in [0.5, 0.6) is 0 Å². The van der Waals surface area contributed by atoms with Crippen molar-refractivity contribution in [2.45, 2.75) is 26.4 Å². The largest absolute Gasteiger partial charge is 0.396 e. The molecule has 2 N–H and O–H groups in total. The average Bonchev–Trinajstić information content (AvgIpc) is 1.89. The van der Waals surface area contributed by atoms with Gasteiger partial charge in [-0.15, -0.1) is 0 Å². The first-order chi connectivity index (χ1) is 4.54. The van der Waals surface area contributed by atoms with Crippen LogP contribution in [0.15, 0.2) is 0 Å². The summed E-state index contributed by atoms with van der Waals surface area (Å²) in [7, 11) is 0. The van der Waals surface area contributed by atoms with Crippen molar-refractivity contribution in [1.29, 1.82) is 5.26 Å². The molecule has 0 rings (SSSR count). The van der Waals surface area contributed by atoms with Crippen molar-refractivity contribution >= 4 is 0 Å². The van der Waals surface area contributed by atoms with Crippen LogP contribution in [0.2, 0.25) is 0 Å². The summed E-state index contributed by atoms with van der Waals surface area (Å²) >= 11 is 0. The molecule has 0 aliphatic rings. The predicted molar refractivity (Wildman–Crippen MR) is 37.1 cm³/mol. The van der Waals surface area contributed by atoms with Gasteiger partial charge in [0.1, 0.15) is 0 Å². The summed E-state index contributed by atoms with van der Waals surface area (Å²) in [4.78, 5) is 0. The minimum Gasteiger partial charge on any atom is -0.396 e. The number of aliphatic hydroxyl groups excluding tert-OH is 2. The predicted octanol–water partition coefficient (Wildman–Crippen LogP) is 0.279. The third kappa shape index (κ3) is 2.34. The van der Waals surface area contributed by atoms with Crippen LogP contribution in [0.25, 0.3) is 0 Å². The highest BCUT2D eigenvalue weighted by Crippen LogP contribution is 2.20. The van der Waals surface area contributed by atoms with E-state index in [0.29, 0.717) is 0 Å². The van der Waals surface area contributed by atoms with Crippen molar-refractivity contribution in [2.24, 2.45) is 5.41 Å². The molecule has 0 aliphatic carbocycles. The van der Waals surface area contributed by atoms with Crippen molar-refractivity contribution in [2.75, 3.05) is 6.61 Å². The van der Waals surface area contributed by atoms with Gasteiger partial charge in [0.25, 0.3) is 0 Å². The van der Waals surface area contributed by atoms with Gasteiger partial charge in [-0.1, -0.05) is 0 Å². The van der Waals surface area contributed by atoms with E-state index in [4.69, 9.17) is 10.4 Å². The standard InChI is InChI=1S/C7H13NO2/c1-7(2,5-8)6(10)3-4-9/h6,9-10H,3-4H2,1-2H3. The maximum atomic E-state index is 9.19. The van der Waals surface area contributed by atoms with Crippen molar-refractivity contribution < 1.29 is 10.2 Å². The highest BCUT2D eigenvalue weighted by atomic mass is 16.3. The van der Waals surface area contributed by atoms with E-state index < -0.39 is 11.5 Å². The van der Waals surface area contributed by atoms with Gasteiger partial charge in [0.2, 0.25) is 0 Å². The minimum absolute atomic E-state index is 0.0771. The zero-order valence-electron chi connectivity index (χ0n) is 6.33. The number of rotatable bonds is 3. The highest BCUT2D eigenvalue weighted by molar-refractivity contribution is 4.96. The molecule has 58 valence electrons. The topological polar surface area (TPSA) is 64.2 Å². The van der Waals surface area contributed by atoms with E-state index in [0.717, 1.165) is 0 Å². The van der Waals surface area contributed by atoms with E-state index >= 15 is 0 Å². The number of nitriles is 1. The summed E-state index contributed by atoms with van der Waals surface area (Å²) in [5.41, 5.74) is -0.747. The summed E-state index contributed by atoms with van der Waals surface area (Å²) in [5.74, 6) is 0. The van der Waals surface area contributed by atoms with Gasteiger partial charge in [-0.2, -0.15) is 5.26 Å². The third-order valence-electron chi connectivity index (χ3n) is 1.52. The van der Waals surface area contributed by atoms with E-state index in [1.54, 1.807) is 13.8 Å². The van der Waals surface area contributed by atoms with Crippen LogP contribution >= 0.6 is 0 Å². The van der Waals surface area contributed by atoms with Crippen molar-refractivity contribution in [3.8, 4) is 6.07 Å². The highest BCUT2D eigenvalue weighted by Gasteiger charge is 2.26. The molecule has 10 heavy (non-hydrogen) atoms.